The maximum Gasteiger partial charge on any atom is 0.257 e. The van der Waals surface area contributed by atoms with Crippen LogP contribution in [0.15, 0.2) is 54.9 Å². The minimum absolute atomic E-state index is 0.0905. The molecule has 0 saturated heterocycles. The van der Waals surface area contributed by atoms with Crippen molar-refractivity contribution in [2.45, 2.75) is 10.3 Å². The van der Waals surface area contributed by atoms with Crippen molar-refractivity contribution in [1.29, 1.82) is 0 Å². The predicted molar refractivity (Wildman–Crippen MR) is 131 cm³/mol. The van der Waals surface area contributed by atoms with E-state index in [9.17, 15) is 14.0 Å². The van der Waals surface area contributed by atoms with Crippen LogP contribution in [0, 0.1) is 11.7 Å². The molecular weight excluding hydrogens is 527 g/mol. The summed E-state index contributed by atoms with van der Waals surface area (Å²) in [6.45, 7) is 0. The molecule has 4 rings (SSSR count). The highest BCUT2D eigenvalue weighted by Crippen LogP contribution is 2.65. The number of anilines is 2. The first kappa shape index (κ1) is 24.5. The number of ether oxygens (including phenoxy) is 1. The molecule has 6 nitrogen and oxygen atoms in total. The zero-order chi connectivity index (χ0) is 24.6. The lowest BCUT2D eigenvalue weighted by Crippen LogP contribution is -2.18. The van der Waals surface area contributed by atoms with Crippen molar-refractivity contribution in [3.63, 3.8) is 0 Å². The molecule has 0 bridgehead atoms. The molecule has 34 heavy (non-hydrogen) atoms. The normalized spacial score (nSPS) is 18.2. The molecule has 2 aromatic carbocycles. The molecule has 1 heterocycles. The molecule has 1 fully saturated rings. The number of halogens is 5. The lowest BCUT2D eigenvalue weighted by Gasteiger charge is -2.11. The summed E-state index contributed by atoms with van der Waals surface area (Å²) in [5.41, 5.74) is 1.39. The first-order valence-electron chi connectivity index (χ1n) is 9.85. The van der Waals surface area contributed by atoms with E-state index in [0.717, 1.165) is 0 Å². The van der Waals surface area contributed by atoms with Gasteiger partial charge in [-0.25, -0.2) is 4.39 Å². The molecular formula is C23H16Cl4FN3O3. The maximum absolute atomic E-state index is 13.5. The smallest absolute Gasteiger partial charge is 0.257 e. The van der Waals surface area contributed by atoms with Crippen LogP contribution >= 0.6 is 46.4 Å². The van der Waals surface area contributed by atoms with Gasteiger partial charge in [-0.05, 0) is 35.9 Å². The predicted octanol–water partition coefficient (Wildman–Crippen LogP) is 6.31. The summed E-state index contributed by atoms with van der Waals surface area (Å²) in [5.74, 6) is -2.49. The number of alkyl halides is 2. The van der Waals surface area contributed by atoms with Crippen LogP contribution < -0.4 is 15.4 Å². The van der Waals surface area contributed by atoms with Crippen LogP contribution in [-0.2, 0) is 4.79 Å². The van der Waals surface area contributed by atoms with Gasteiger partial charge in [0.2, 0.25) is 5.91 Å². The average Bonchev–Trinajstić information content (AvgIpc) is 3.39. The van der Waals surface area contributed by atoms with Crippen molar-refractivity contribution < 1.29 is 18.7 Å². The molecule has 1 aromatic heterocycles. The summed E-state index contributed by atoms with van der Waals surface area (Å²) in [6, 6.07) is 10.1. The lowest BCUT2D eigenvalue weighted by atomic mass is 10.1. The zero-order valence-corrected chi connectivity index (χ0v) is 20.4. The number of rotatable bonds is 6. The molecule has 0 aliphatic heterocycles. The third-order valence-corrected chi connectivity index (χ3v) is 6.88. The van der Waals surface area contributed by atoms with Crippen molar-refractivity contribution in [2.24, 2.45) is 5.92 Å². The van der Waals surface area contributed by atoms with Crippen molar-refractivity contribution in [3.05, 3.63) is 81.8 Å². The summed E-state index contributed by atoms with van der Waals surface area (Å²) in [6.07, 6.45) is 2.95. The Hall–Kier alpha value is -2.58. The standard InChI is InChI=1S/C23H16Cl4FN3O3/c1-34-14-7-13(9-29-10-14)31-21(32)15-8-12(3-4-16(15)24)30-22(33)20-19(23(20,26)27)11-2-5-18(28)17(25)6-11/h2-10,19-20H,1H3,(H,30,33)(H,31,32). The monoisotopic (exact) mass is 541 g/mol. The lowest BCUT2D eigenvalue weighted by molar-refractivity contribution is -0.117. The van der Waals surface area contributed by atoms with Gasteiger partial charge in [0.25, 0.3) is 5.91 Å². The van der Waals surface area contributed by atoms with Crippen LogP contribution in [0.1, 0.15) is 21.8 Å². The summed E-state index contributed by atoms with van der Waals surface area (Å²) in [5, 5.41) is 5.47. The van der Waals surface area contributed by atoms with Crippen LogP contribution in [0.4, 0.5) is 15.8 Å². The van der Waals surface area contributed by atoms with Crippen molar-refractivity contribution in [3.8, 4) is 5.75 Å². The molecule has 2 atom stereocenters. The van der Waals surface area contributed by atoms with Gasteiger partial charge in [0, 0.05) is 17.7 Å². The zero-order valence-electron chi connectivity index (χ0n) is 17.4. The van der Waals surface area contributed by atoms with Gasteiger partial charge in [-0.1, -0.05) is 29.3 Å². The van der Waals surface area contributed by atoms with E-state index in [1.54, 1.807) is 12.1 Å². The fourth-order valence-electron chi connectivity index (χ4n) is 3.57. The number of hydrogen-bond donors (Lipinski definition) is 2. The van der Waals surface area contributed by atoms with Crippen LogP contribution in [0.2, 0.25) is 10.0 Å². The van der Waals surface area contributed by atoms with E-state index in [4.69, 9.17) is 51.1 Å². The van der Waals surface area contributed by atoms with Crippen molar-refractivity contribution in [1.82, 2.24) is 4.98 Å². The summed E-state index contributed by atoms with van der Waals surface area (Å²) in [7, 11) is 1.48. The number of aromatic nitrogens is 1. The molecule has 2 N–H and O–H groups in total. The molecule has 2 amide bonds. The van der Waals surface area contributed by atoms with Crippen LogP contribution in [0.25, 0.3) is 0 Å². The maximum atomic E-state index is 13.5. The van der Waals surface area contributed by atoms with E-state index in [-0.39, 0.29) is 15.6 Å². The second-order valence-electron chi connectivity index (χ2n) is 7.55. The number of benzene rings is 2. The third-order valence-electron chi connectivity index (χ3n) is 5.32. The van der Waals surface area contributed by atoms with Crippen LogP contribution in [0.3, 0.4) is 0 Å². The number of carbonyl (C=O) groups is 2. The first-order valence-corrected chi connectivity index (χ1v) is 11.4. The second-order valence-corrected chi connectivity index (χ2v) is 9.81. The second kappa shape index (κ2) is 9.58. The van der Waals surface area contributed by atoms with Gasteiger partial charge >= 0.3 is 0 Å². The largest absolute Gasteiger partial charge is 0.495 e. The molecule has 3 aromatic rings. The molecule has 1 saturated carbocycles. The summed E-state index contributed by atoms with van der Waals surface area (Å²) < 4.78 is 17.2. The number of pyridine rings is 1. The Kier molecular flexibility index (Phi) is 6.92. The van der Waals surface area contributed by atoms with E-state index >= 15 is 0 Å². The first-order chi connectivity index (χ1) is 16.1. The number of hydrogen-bond acceptors (Lipinski definition) is 4. The van der Waals surface area contributed by atoms with Gasteiger partial charge in [0.1, 0.15) is 15.9 Å². The Morgan fingerprint density at radius 3 is 2.47 bits per heavy atom. The minimum Gasteiger partial charge on any atom is -0.495 e. The van der Waals surface area contributed by atoms with Crippen molar-refractivity contribution in [2.75, 3.05) is 17.7 Å². The van der Waals surface area contributed by atoms with E-state index in [0.29, 0.717) is 22.7 Å². The van der Waals surface area contributed by atoms with Gasteiger partial charge < -0.3 is 15.4 Å². The van der Waals surface area contributed by atoms with Gasteiger partial charge in [0.05, 0.1) is 46.7 Å². The van der Waals surface area contributed by atoms with Crippen molar-refractivity contribution >= 4 is 69.6 Å². The molecule has 1 aliphatic carbocycles. The number of nitrogens with one attached hydrogen (secondary N) is 2. The number of nitrogens with zero attached hydrogens (tertiary/aromatic N) is 1. The highest BCUT2D eigenvalue weighted by molar-refractivity contribution is 6.53. The Labute approximate surface area is 214 Å². The molecule has 0 radical (unpaired) electrons. The highest BCUT2D eigenvalue weighted by Gasteiger charge is 2.67. The van der Waals surface area contributed by atoms with E-state index in [1.807, 2.05) is 0 Å². The fraction of sp³-hybridized carbons (Fsp3) is 0.174. The van der Waals surface area contributed by atoms with Gasteiger partial charge in [-0.15, -0.1) is 23.2 Å². The quantitative estimate of drug-likeness (QED) is 0.357. The van der Waals surface area contributed by atoms with Crippen LogP contribution in [-0.4, -0.2) is 28.2 Å². The van der Waals surface area contributed by atoms with Gasteiger partial charge in [0.15, 0.2) is 0 Å². The molecule has 11 heteroatoms. The Morgan fingerprint density at radius 1 is 1.00 bits per heavy atom. The fourth-order valence-corrected chi connectivity index (χ4v) is 4.79. The molecule has 176 valence electrons. The molecule has 0 spiro atoms. The Morgan fingerprint density at radius 2 is 1.76 bits per heavy atom. The number of carbonyl (C=O) groups excluding carboxylic acids is 2. The topological polar surface area (TPSA) is 80.3 Å². The Balaban J connectivity index is 1.50. The van der Waals surface area contributed by atoms with E-state index in [2.05, 4.69) is 15.6 Å². The van der Waals surface area contributed by atoms with Crippen LogP contribution in [0.5, 0.6) is 5.75 Å². The summed E-state index contributed by atoms with van der Waals surface area (Å²) >= 11 is 24.8. The minimum atomic E-state index is -1.39. The SMILES string of the molecule is COc1cncc(NC(=O)c2cc(NC(=O)C3C(c4ccc(F)c(Cl)c4)C3(Cl)Cl)ccc2Cl)c1. The summed E-state index contributed by atoms with van der Waals surface area (Å²) in [4.78, 5) is 29.6. The van der Waals surface area contributed by atoms with E-state index in [1.165, 1.54) is 49.8 Å². The number of methoxy groups -OCH3 is 1. The highest BCUT2D eigenvalue weighted by atomic mass is 35.5. The van der Waals surface area contributed by atoms with E-state index < -0.39 is 33.8 Å². The molecule has 2 unspecified atom stereocenters. The molecule has 1 aliphatic rings. The average molecular weight is 543 g/mol. The van der Waals surface area contributed by atoms with Gasteiger partial charge in [-0.2, -0.15) is 0 Å². The Bertz CT molecular complexity index is 1290. The third kappa shape index (κ3) is 4.93. The van der Waals surface area contributed by atoms with Gasteiger partial charge in [-0.3, -0.25) is 14.6 Å². The number of amides is 2.